The third-order valence-corrected chi connectivity index (χ3v) is 3.34. The Morgan fingerprint density at radius 3 is 2.60 bits per heavy atom. The molecular weight excluding hydrogens is 270 g/mol. The average Bonchev–Trinajstić information content (AvgIpc) is 2.81. The van der Waals surface area contributed by atoms with Gasteiger partial charge in [-0.2, -0.15) is 5.10 Å². The second kappa shape index (κ2) is 5.02. The predicted molar refractivity (Wildman–Crippen MR) is 83.2 cm³/mol. The van der Waals surface area contributed by atoms with E-state index in [1.807, 2.05) is 42.5 Å². The molecule has 20 heavy (non-hydrogen) atoms. The fraction of sp³-hybridized carbons (Fsp3) is 0.0625. The van der Waals surface area contributed by atoms with Crippen LogP contribution in [0.2, 0.25) is 5.02 Å². The molecule has 0 aliphatic rings. The highest BCUT2D eigenvalue weighted by Crippen LogP contribution is 2.24. The van der Waals surface area contributed by atoms with Gasteiger partial charge >= 0.3 is 0 Å². The Balaban J connectivity index is 2.08. The topological polar surface area (TPSA) is 43.8 Å². The van der Waals surface area contributed by atoms with E-state index in [-0.39, 0.29) is 0 Å². The van der Waals surface area contributed by atoms with Crippen LogP contribution < -0.4 is 5.73 Å². The van der Waals surface area contributed by atoms with Crippen molar-refractivity contribution >= 4 is 17.4 Å². The Hall–Kier alpha value is -2.26. The maximum absolute atomic E-state index is 6.06. The van der Waals surface area contributed by atoms with Crippen LogP contribution in [0.25, 0.3) is 16.9 Å². The zero-order valence-corrected chi connectivity index (χ0v) is 11.8. The zero-order chi connectivity index (χ0) is 14.1. The molecule has 0 atom stereocenters. The van der Waals surface area contributed by atoms with E-state index in [2.05, 4.69) is 24.2 Å². The van der Waals surface area contributed by atoms with Crippen LogP contribution in [0.1, 0.15) is 5.56 Å². The first-order valence-corrected chi connectivity index (χ1v) is 6.70. The summed E-state index contributed by atoms with van der Waals surface area (Å²) in [6.45, 7) is 2.06. The maximum Gasteiger partial charge on any atom is 0.127 e. The molecule has 0 aliphatic heterocycles. The Kier molecular flexibility index (Phi) is 3.20. The summed E-state index contributed by atoms with van der Waals surface area (Å²) in [7, 11) is 0. The van der Waals surface area contributed by atoms with Crippen molar-refractivity contribution in [3.8, 4) is 16.9 Å². The van der Waals surface area contributed by atoms with E-state index in [1.165, 1.54) is 5.56 Å². The number of nitrogens with zero attached hydrogens (tertiary/aromatic N) is 2. The minimum Gasteiger partial charge on any atom is -0.384 e. The first-order chi connectivity index (χ1) is 9.63. The van der Waals surface area contributed by atoms with Gasteiger partial charge in [0, 0.05) is 16.7 Å². The molecule has 1 heterocycles. The van der Waals surface area contributed by atoms with Crippen LogP contribution >= 0.6 is 11.6 Å². The second-order valence-electron chi connectivity index (χ2n) is 4.72. The lowest BCUT2D eigenvalue weighted by atomic mass is 10.1. The van der Waals surface area contributed by atoms with Crippen LogP contribution in [0.5, 0.6) is 0 Å². The maximum atomic E-state index is 6.06. The van der Waals surface area contributed by atoms with Gasteiger partial charge in [0.05, 0.1) is 11.4 Å². The number of hydrogen-bond acceptors (Lipinski definition) is 2. The van der Waals surface area contributed by atoms with Gasteiger partial charge < -0.3 is 5.73 Å². The lowest BCUT2D eigenvalue weighted by Crippen LogP contribution is -2.01. The van der Waals surface area contributed by atoms with Crippen LogP contribution in [-0.2, 0) is 0 Å². The molecule has 0 fully saturated rings. The number of anilines is 1. The third kappa shape index (κ3) is 2.40. The number of hydrogen-bond donors (Lipinski definition) is 1. The zero-order valence-electron chi connectivity index (χ0n) is 11.0. The quantitative estimate of drug-likeness (QED) is 0.770. The number of rotatable bonds is 2. The molecule has 0 spiro atoms. The van der Waals surface area contributed by atoms with E-state index in [0.717, 1.165) is 16.9 Å². The largest absolute Gasteiger partial charge is 0.384 e. The van der Waals surface area contributed by atoms with Crippen LogP contribution in [0, 0.1) is 6.92 Å². The summed E-state index contributed by atoms with van der Waals surface area (Å²) in [5.74, 6) is 0.587. The van der Waals surface area contributed by atoms with Gasteiger partial charge in [0.1, 0.15) is 5.82 Å². The van der Waals surface area contributed by atoms with E-state index >= 15 is 0 Å². The van der Waals surface area contributed by atoms with Crippen LogP contribution in [0.4, 0.5) is 5.82 Å². The van der Waals surface area contributed by atoms with E-state index < -0.39 is 0 Å². The van der Waals surface area contributed by atoms with Gasteiger partial charge in [0.15, 0.2) is 0 Å². The first kappa shape index (κ1) is 12.8. The van der Waals surface area contributed by atoms with E-state index in [4.69, 9.17) is 17.3 Å². The number of nitrogen functional groups attached to an aromatic ring is 1. The van der Waals surface area contributed by atoms with Crippen molar-refractivity contribution in [1.29, 1.82) is 0 Å². The van der Waals surface area contributed by atoms with E-state index in [0.29, 0.717) is 10.8 Å². The van der Waals surface area contributed by atoms with Crippen molar-refractivity contribution in [2.75, 3.05) is 5.73 Å². The molecule has 0 radical (unpaired) electrons. The van der Waals surface area contributed by atoms with Gasteiger partial charge in [0.25, 0.3) is 0 Å². The summed E-state index contributed by atoms with van der Waals surface area (Å²) in [5, 5.41) is 5.23. The Bertz CT molecular complexity index is 762. The summed E-state index contributed by atoms with van der Waals surface area (Å²) in [6.07, 6.45) is 0. The summed E-state index contributed by atoms with van der Waals surface area (Å²) in [6, 6.07) is 17.5. The van der Waals surface area contributed by atoms with Crippen LogP contribution in [0.3, 0.4) is 0 Å². The summed E-state index contributed by atoms with van der Waals surface area (Å²) < 4.78 is 1.70. The van der Waals surface area contributed by atoms with E-state index in [1.54, 1.807) is 4.68 Å². The normalized spacial score (nSPS) is 10.7. The number of benzene rings is 2. The van der Waals surface area contributed by atoms with E-state index in [9.17, 15) is 0 Å². The molecule has 1 aromatic heterocycles. The lowest BCUT2D eigenvalue weighted by Gasteiger charge is -2.04. The first-order valence-electron chi connectivity index (χ1n) is 6.32. The summed E-state index contributed by atoms with van der Waals surface area (Å²) in [4.78, 5) is 0. The summed E-state index contributed by atoms with van der Waals surface area (Å²) >= 11 is 6.01. The van der Waals surface area contributed by atoms with Crippen molar-refractivity contribution in [1.82, 2.24) is 9.78 Å². The number of aromatic nitrogens is 2. The van der Waals surface area contributed by atoms with Gasteiger partial charge in [-0.1, -0.05) is 41.4 Å². The lowest BCUT2D eigenvalue weighted by molar-refractivity contribution is 0.895. The highest BCUT2D eigenvalue weighted by atomic mass is 35.5. The van der Waals surface area contributed by atoms with Crippen LogP contribution in [-0.4, -0.2) is 9.78 Å². The minimum absolute atomic E-state index is 0.587. The Labute approximate surface area is 122 Å². The highest BCUT2D eigenvalue weighted by Gasteiger charge is 2.09. The molecule has 3 aromatic rings. The molecule has 0 aliphatic carbocycles. The third-order valence-electron chi connectivity index (χ3n) is 3.10. The molecule has 2 N–H and O–H groups in total. The fourth-order valence-electron chi connectivity index (χ4n) is 2.16. The van der Waals surface area contributed by atoms with Gasteiger partial charge in [-0.25, -0.2) is 4.68 Å². The molecule has 3 rings (SSSR count). The number of halogens is 1. The van der Waals surface area contributed by atoms with Crippen molar-refractivity contribution in [2.45, 2.75) is 6.92 Å². The van der Waals surface area contributed by atoms with Crippen molar-refractivity contribution in [2.24, 2.45) is 0 Å². The van der Waals surface area contributed by atoms with Crippen LogP contribution in [0.15, 0.2) is 54.6 Å². The molecular formula is C16H14ClN3. The molecule has 3 nitrogen and oxygen atoms in total. The number of nitrogens with two attached hydrogens (primary N) is 1. The summed E-state index contributed by atoms with van der Waals surface area (Å²) in [5.41, 5.74) is 10.0. The molecule has 0 unspecified atom stereocenters. The molecule has 100 valence electrons. The molecule has 2 aromatic carbocycles. The molecule has 0 saturated carbocycles. The monoisotopic (exact) mass is 283 g/mol. The Morgan fingerprint density at radius 1 is 1.05 bits per heavy atom. The highest BCUT2D eigenvalue weighted by molar-refractivity contribution is 6.30. The van der Waals surface area contributed by atoms with Gasteiger partial charge in [0.2, 0.25) is 0 Å². The predicted octanol–water partition coefficient (Wildman–Crippen LogP) is 4.08. The van der Waals surface area contributed by atoms with Gasteiger partial charge in [-0.15, -0.1) is 0 Å². The smallest absolute Gasteiger partial charge is 0.127 e. The van der Waals surface area contributed by atoms with Crippen molar-refractivity contribution in [3.63, 3.8) is 0 Å². The average molecular weight is 284 g/mol. The van der Waals surface area contributed by atoms with Crippen molar-refractivity contribution in [3.05, 3.63) is 65.2 Å². The molecule has 0 bridgehead atoms. The SMILES string of the molecule is Cc1cccc(-c2cc(N)n(-c3cccc(Cl)c3)n2)c1. The standard InChI is InChI=1S/C16H14ClN3/c1-11-4-2-5-12(8-11)15-10-16(18)20(19-15)14-7-3-6-13(17)9-14/h2-10H,18H2,1H3. The second-order valence-corrected chi connectivity index (χ2v) is 5.15. The Morgan fingerprint density at radius 2 is 1.85 bits per heavy atom. The minimum atomic E-state index is 0.587. The van der Waals surface area contributed by atoms with Gasteiger partial charge in [-0.05, 0) is 31.2 Å². The molecule has 4 heteroatoms. The van der Waals surface area contributed by atoms with Gasteiger partial charge in [-0.3, -0.25) is 0 Å². The molecule has 0 saturated heterocycles. The molecule has 0 amide bonds. The van der Waals surface area contributed by atoms with Crippen molar-refractivity contribution < 1.29 is 0 Å². The number of aryl methyl sites for hydroxylation is 1. The fourth-order valence-corrected chi connectivity index (χ4v) is 2.34.